The van der Waals surface area contributed by atoms with E-state index in [-0.39, 0.29) is 12.1 Å². The molecule has 0 unspecified atom stereocenters. The van der Waals surface area contributed by atoms with Crippen LogP contribution >= 0.6 is 0 Å². The lowest BCUT2D eigenvalue weighted by molar-refractivity contribution is -0.144. The number of unbranched alkanes of at least 4 members (excludes halogenated alkanes) is 3. The van der Waals surface area contributed by atoms with Crippen molar-refractivity contribution in [1.82, 2.24) is 0 Å². The number of ether oxygens (including phenoxy) is 4. The number of hydrogen-bond acceptors (Lipinski definition) is 5. The highest BCUT2D eigenvalue weighted by Gasteiger charge is 2.03. The smallest absolute Gasteiger partial charge is 0.305 e. The molecular weight excluding hydrogens is 320 g/mol. The summed E-state index contributed by atoms with van der Waals surface area (Å²) in [7, 11) is 0. The van der Waals surface area contributed by atoms with E-state index in [2.05, 4.69) is 13.8 Å². The van der Waals surface area contributed by atoms with Gasteiger partial charge in [-0.1, -0.05) is 39.5 Å². The van der Waals surface area contributed by atoms with E-state index in [0.29, 0.717) is 52.5 Å². The maximum Gasteiger partial charge on any atom is 0.305 e. The predicted octanol–water partition coefficient (Wildman–Crippen LogP) is 4.37. The Morgan fingerprint density at radius 3 is 2.04 bits per heavy atom. The van der Waals surface area contributed by atoms with E-state index in [0.717, 1.165) is 18.8 Å². The molecule has 0 rings (SSSR count). The van der Waals surface area contributed by atoms with Crippen LogP contribution in [0.3, 0.4) is 0 Å². The van der Waals surface area contributed by atoms with E-state index < -0.39 is 0 Å². The third-order valence-electron chi connectivity index (χ3n) is 3.66. The zero-order chi connectivity index (χ0) is 18.8. The first-order valence-corrected chi connectivity index (χ1v) is 9.95. The van der Waals surface area contributed by atoms with Crippen molar-refractivity contribution in [3.05, 3.63) is 0 Å². The molecule has 0 aliphatic heterocycles. The van der Waals surface area contributed by atoms with Crippen molar-refractivity contribution in [2.24, 2.45) is 5.92 Å². The topological polar surface area (TPSA) is 54.0 Å². The lowest BCUT2D eigenvalue weighted by Gasteiger charge is -2.08. The number of hydrogen-bond donors (Lipinski definition) is 0. The summed E-state index contributed by atoms with van der Waals surface area (Å²) >= 11 is 0. The average molecular weight is 361 g/mol. The van der Waals surface area contributed by atoms with Gasteiger partial charge in [-0.15, -0.1) is 0 Å². The van der Waals surface area contributed by atoms with Gasteiger partial charge < -0.3 is 18.9 Å². The first-order chi connectivity index (χ1) is 12.0. The van der Waals surface area contributed by atoms with Gasteiger partial charge in [0.1, 0.15) is 0 Å². The Morgan fingerprint density at radius 2 is 1.36 bits per heavy atom. The van der Waals surface area contributed by atoms with Crippen molar-refractivity contribution >= 4 is 5.97 Å². The summed E-state index contributed by atoms with van der Waals surface area (Å²) in [4.78, 5) is 11.6. The Labute approximate surface area is 154 Å². The van der Waals surface area contributed by atoms with Crippen LogP contribution in [0, 0.1) is 5.92 Å². The van der Waals surface area contributed by atoms with Crippen molar-refractivity contribution in [1.29, 1.82) is 0 Å². The van der Waals surface area contributed by atoms with Gasteiger partial charge in [-0.05, 0) is 32.6 Å². The van der Waals surface area contributed by atoms with Crippen LogP contribution in [0.5, 0.6) is 0 Å². The first kappa shape index (κ1) is 24.4. The molecule has 0 aromatic rings. The third-order valence-corrected chi connectivity index (χ3v) is 3.66. The minimum absolute atomic E-state index is 0.118. The lowest BCUT2D eigenvalue weighted by atomic mass is 10.0. The largest absolute Gasteiger partial charge is 0.466 e. The number of esters is 1. The molecule has 5 heteroatoms. The molecule has 0 aliphatic carbocycles. The van der Waals surface area contributed by atoms with Gasteiger partial charge in [-0.3, -0.25) is 4.79 Å². The van der Waals surface area contributed by atoms with Crippen LogP contribution in [0.4, 0.5) is 0 Å². The van der Waals surface area contributed by atoms with Crippen LogP contribution < -0.4 is 0 Å². The molecule has 0 aromatic carbocycles. The zero-order valence-corrected chi connectivity index (χ0v) is 16.9. The highest BCUT2D eigenvalue weighted by molar-refractivity contribution is 5.69. The normalized spacial score (nSPS) is 11.4. The number of rotatable bonds is 18. The fourth-order valence-corrected chi connectivity index (χ4v) is 2.25. The van der Waals surface area contributed by atoms with Gasteiger partial charge in [0.2, 0.25) is 0 Å². The van der Waals surface area contributed by atoms with Crippen LogP contribution in [-0.4, -0.2) is 51.7 Å². The van der Waals surface area contributed by atoms with Crippen molar-refractivity contribution in [3.8, 4) is 0 Å². The predicted molar refractivity (Wildman–Crippen MR) is 101 cm³/mol. The van der Waals surface area contributed by atoms with E-state index in [9.17, 15) is 4.79 Å². The van der Waals surface area contributed by atoms with E-state index >= 15 is 0 Å². The molecule has 0 aromatic heterocycles. The van der Waals surface area contributed by atoms with Gasteiger partial charge in [0.15, 0.2) is 0 Å². The van der Waals surface area contributed by atoms with E-state index in [1.54, 1.807) is 0 Å². The summed E-state index contributed by atoms with van der Waals surface area (Å²) in [5.41, 5.74) is 0. The van der Waals surface area contributed by atoms with Gasteiger partial charge in [-0.25, -0.2) is 0 Å². The standard InChI is InChI=1S/C20H40O5/c1-18(2)10-7-5-6-8-13-25-20(21)11-9-12-22-14-15-23-16-17-24-19(3)4/h18-19H,5-17H2,1-4H3. The molecule has 0 aliphatic rings. The molecule has 150 valence electrons. The second-order valence-electron chi connectivity index (χ2n) is 7.07. The van der Waals surface area contributed by atoms with Crippen molar-refractivity contribution in [3.63, 3.8) is 0 Å². The van der Waals surface area contributed by atoms with Crippen LogP contribution in [-0.2, 0) is 23.7 Å². The van der Waals surface area contributed by atoms with Crippen LogP contribution in [0.15, 0.2) is 0 Å². The summed E-state index contributed by atoms with van der Waals surface area (Å²) in [6.45, 7) is 11.9. The summed E-state index contributed by atoms with van der Waals surface area (Å²) in [6.07, 6.45) is 7.27. The molecular formula is C20H40O5. The van der Waals surface area contributed by atoms with E-state index in [4.69, 9.17) is 18.9 Å². The Hall–Kier alpha value is -0.650. The monoisotopic (exact) mass is 360 g/mol. The fraction of sp³-hybridized carbons (Fsp3) is 0.950. The molecule has 0 N–H and O–H groups in total. The van der Waals surface area contributed by atoms with Crippen LogP contribution in [0.25, 0.3) is 0 Å². The summed E-state index contributed by atoms with van der Waals surface area (Å²) in [5, 5.41) is 0. The average Bonchev–Trinajstić information content (AvgIpc) is 2.55. The molecule has 0 radical (unpaired) electrons. The van der Waals surface area contributed by atoms with Crippen molar-refractivity contribution in [2.45, 2.75) is 78.7 Å². The van der Waals surface area contributed by atoms with Crippen molar-refractivity contribution < 1.29 is 23.7 Å². The second kappa shape index (κ2) is 18.2. The van der Waals surface area contributed by atoms with Crippen molar-refractivity contribution in [2.75, 3.05) is 39.6 Å². The second-order valence-corrected chi connectivity index (χ2v) is 7.07. The van der Waals surface area contributed by atoms with Crippen LogP contribution in [0.2, 0.25) is 0 Å². The first-order valence-electron chi connectivity index (χ1n) is 9.95. The fourth-order valence-electron chi connectivity index (χ4n) is 2.25. The molecule has 0 heterocycles. The lowest BCUT2D eigenvalue weighted by Crippen LogP contribution is -2.13. The molecule has 0 amide bonds. The summed E-state index contributed by atoms with van der Waals surface area (Å²) in [6, 6.07) is 0. The SMILES string of the molecule is CC(C)CCCCCCOC(=O)CCCOCCOCCOC(C)C. The highest BCUT2D eigenvalue weighted by Crippen LogP contribution is 2.09. The van der Waals surface area contributed by atoms with Gasteiger partial charge in [-0.2, -0.15) is 0 Å². The quantitative estimate of drug-likeness (QED) is 0.268. The van der Waals surface area contributed by atoms with Crippen LogP contribution in [0.1, 0.15) is 72.6 Å². The maximum absolute atomic E-state index is 11.6. The molecule has 0 spiro atoms. The minimum Gasteiger partial charge on any atom is -0.466 e. The minimum atomic E-state index is -0.118. The number of carbonyl (C=O) groups excluding carboxylic acids is 1. The Morgan fingerprint density at radius 1 is 0.720 bits per heavy atom. The summed E-state index contributed by atoms with van der Waals surface area (Å²) in [5.74, 6) is 0.665. The zero-order valence-electron chi connectivity index (χ0n) is 16.9. The third kappa shape index (κ3) is 21.3. The van der Waals surface area contributed by atoms with E-state index in [1.165, 1.54) is 19.3 Å². The van der Waals surface area contributed by atoms with E-state index in [1.807, 2.05) is 13.8 Å². The Bertz CT molecular complexity index is 292. The van der Waals surface area contributed by atoms with Gasteiger partial charge in [0, 0.05) is 13.0 Å². The summed E-state index contributed by atoms with van der Waals surface area (Å²) < 4.78 is 21.4. The Balaban J connectivity index is 3.18. The van der Waals surface area contributed by atoms with Gasteiger partial charge >= 0.3 is 5.97 Å². The maximum atomic E-state index is 11.6. The van der Waals surface area contributed by atoms with Gasteiger partial charge in [0.25, 0.3) is 0 Å². The molecule has 0 atom stereocenters. The highest BCUT2D eigenvalue weighted by atomic mass is 16.5. The molecule has 5 nitrogen and oxygen atoms in total. The molecule has 25 heavy (non-hydrogen) atoms. The molecule has 0 fully saturated rings. The molecule has 0 saturated carbocycles. The van der Waals surface area contributed by atoms with Gasteiger partial charge in [0.05, 0.1) is 39.1 Å². The Kier molecular flexibility index (Phi) is 17.7. The number of carbonyl (C=O) groups is 1. The molecule has 0 saturated heterocycles. The molecule has 0 bridgehead atoms.